The van der Waals surface area contributed by atoms with E-state index in [4.69, 9.17) is 21.3 Å². The van der Waals surface area contributed by atoms with Crippen molar-refractivity contribution in [2.75, 3.05) is 6.61 Å². The van der Waals surface area contributed by atoms with Crippen molar-refractivity contribution in [1.82, 2.24) is 9.55 Å². The summed E-state index contributed by atoms with van der Waals surface area (Å²) in [4.78, 5) is 18.1. The Labute approximate surface area is 206 Å². The minimum absolute atomic E-state index is 0.00387. The Hall–Kier alpha value is -3.11. The standard InChI is InChI=1S/C29H31ClN2O2/c1-20-18-21(2)22(3)27(19-20)34-17-9-5-4-8-16-32-28(23-12-14-24(30)15-13-23)31-26-11-7-6-10-25(26)29(32)33/h6-7,10-15,18-19H,4-5,8-9,16-17H2,1-3H3. The maximum atomic E-state index is 13.3. The Morgan fingerprint density at radius 1 is 0.912 bits per heavy atom. The molecule has 0 bridgehead atoms. The lowest BCUT2D eigenvalue weighted by molar-refractivity contribution is 0.301. The van der Waals surface area contributed by atoms with Gasteiger partial charge >= 0.3 is 0 Å². The Balaban J connectivity index is 1.39. The fourth-order valence-corrected chi connectivity index (χ4v) is 4.38. The highest BCUT2D eigenvalue weighted by molar-refractivity contribution is 6.30. The van der Waals surface area contributed by atoms with Gasteiger partial charge in [0.2, 0.25) is 0 Å². The minimum atomic E-state index is 0.00387. The number of benzene rings is 3. The van der Waals surface area contributed by atoms with Gasteiger partial charge in [0.05, 0.1) is 17.5 Å². The van der Waals surface area contributed by atoms with Gasteiger partial charge in [-0.1, -0.05) is 42.6 Å². The number of halogens is 1. The Morgan fingerprint density at radius 3 is 2.44 bits per heavy atom. The van der Waals surface area contributed by atoms with E-state index in [0.29, 0.717) is 34.9 Å². The first-order chi connectivity index (χ1) is 16.4. The van der Waals surface area contributed by atoms with E-state index in [1.54, 1.807) is 4.57 Å². The largest absolute Gasteiger partial charge is 0.493 e. The smallest absolute Gasteiger partial charge is 0.261 e. The zero-order valence-electron chi connectivity index (χ0n) is 20.1. The van der Waals surface area contributed by atoms with E-state index in [0.717, 1.165) is 37.0 Å². The fraction of sp³-hybridized carbons (Fsp3) is 0.310. The second-order valence-electron chi connectivity index (χ2n) is 8.88. The number of fused-ring (bicyclic) bond motifs is 1. The third-order valence-electron chi connectivity index (χ3n) is 6.26. The molecule has 176 valence electrons. The summed E-state index contributed by atoms with van der Waals surface area (Å²) in [6.45, 7) is 7.67. The summed E-state index contributed by atoms with van der Waals surface area (Å²) >= 11 is 6.07. The molecule has 0 radical (unpaired) electrons. The molecule has 0 atom stereocenters. The van der Waals surface area contributed by atoms with Crippen LogP contribution >= 0.6 is 11.6 Å². The van der Waals surface area contributed by atoms with Crippen LogP contribution in [0.5, 0.6) is 5.75 Å². The van der Waals surface area contributed by atoms with Crippen molar-refractivity contribution in [2.45, 2.75) is 53.0 Å². The Kier molecular flexibility index (Phi) is 7.69. The molecule has 5 heteroatoms. The molecule has 0 saturated heterocycles. The molecule has 0 amide bonds. The Bertz CT molecular complexity index is 1340. The number of para-hydroxylation sites is 1. The molecule has 0 aliphatic carbocycles. The van der Waals surface area contributed by atoms with Crippen LogP contribution in [0.15, 0.2) is 65.5 Å². The molecule has 0 saturated carbocycles. The quantitative estimate of drug-likeness (QED) is 0.239. The maximum absolute atomic E-state index is 13.3. The lowest BCUT2D eigenvalue weighted by Gasteiger charge is -2.14. The van der Waals surface area contributed by atoms with E-state index in [9.17, 15) is 4.79 Å². The zero-order chi connectivity index (χ0) is 24.1. The van der Waals surface area contributed by atoms with E-state index in [-0.39, 0.29) is 5.56 Å². The number of rotatable bonds is 9. The highest BCUT2D eigenvalue weighted by atomic mass is 35.5. The molecular weight excluding hydrogens is 444 g/mol. The average molecular weight is 475 g/mol. The first kappa shape index (κ1) is 24.0. The monoisotopic (exact) mass is 474 g/mol. The van der Waals surface area contributed by atoms with Crippen LogP contribution in [0.2, 0.25) is 5.02 Å². The number of aromatic nitrogens is 2. The molecular formula is C29H31ClN2O2. The summed E-state index contributed by atoms with van der Waals surface area (Å²) in [5.74, 6) is 1.67. The van der Waals surface area contributed by atoms with Gasteiger partial charge in [0.25, 0.3) is 5.56 Å². The molecule has 0 spiro atoms. The highest BCUT2D eigenvalue weighted by Crippen LogP contribution is 2.24. The van der Waals surface area contributed by atoms with Crippen LogP contribution in [0.25, 0.3) is 22.3 Å². The molecule has 0 aliphatic heterocycles. The lowest BCUT2D eigenvalue weighted by atomic mass is 10.1. The summed E-state index contributed by atoms with van der Waals surface area (Å²) in [5.41, 5.74) is 5.31. The average Bonchev–Trinajstić information content (AvgIpc) is 2.83. The summed E-state index contributed by atoms with van der Waals surface area (Å²) < 4.78 is 7.85. The third kappa shape index (κ3) is 5.51. The normalized spacial score (nSPS) is 11.2. The SMILES string of the molecule is Cc1cc(C)c(C)c(OCCCCCCn2c(-c3ccc(Cl)cc3)nc3ccccc3c2=O)c1. The molecule has 0 N–H and O–H groups in total. The molecule has 4 rings (SSSR count). The molecule has 4 nitrogen and oxygen atoms in total. The summed E-state index contributed by atoms with van der Waals surface area (Å²) in [6, 6.07) is 19.3. The van der Waals surface area contributed by atoms with Crippen LogP contribution in [-0.2, 0) is 6.54 Å². The molecule has 1 heterocycles. The summed E-state index contributed by atoms with van der Waals surface area (Å²) in [6.07, 6.45) is 3.97. The van der Waals surface area contributed by atoms with Crippen LogP contribution in [0, 0.1) is 20.8 Å². The molecule has 3 aromatic carbocycles. The van der Waals surface area contributed by atoms with Gasteiger partial charge in [0.15, 0.2) is 0 Å². The van der Waals surface area contributed by atoms with Crippen LogP contribution in [0.1, 0.15) is 42.4 Å². The van der Waals surface area contributed by atoms with Crippen molar-refractivity contribution < 1.29 is 4.74 Å². The van der Waals surface area contributed by atoms with Crippen molar-refractivity contribution in [2.24, 2.45) is 0 Å². The van der Waals surface area contributed by atoms with Gasteiger partial charge in [-0.25, -0.2) is 4.98 Å². The first-order valence-corrected chi connectivity index (χ1v) is 12.3. The number of hydrogen-bond acceptors (Lipinski definition) is 3. The number of unbranched alkanes of at least 4 members (excludes halogenated alkanes) is 3. The van der Waals surface area contributed by atoms with Crippen molar-refractivity contribution in [3.8, 4) is 17.1 Å². The first-order valence-electron chi connectivity index (χ1n) is 11.9. The highest BCUT2D eigenvalue weighted by Gasteiger charge is 2.12. The van der Waals surface area contributed by atoms with Gasteiger partial charge in [0.1, 0.15) is 11.6 Å². The molecule has 34 heavy (non-hydrogen) atoms. The predicted molar refractivity (Wildman–Crippen MR) is 141 cm³/mol. The lowest BCUT2D eigenvalue weighted by Crippen LogP contribution is -2.23. The number of ether oxygens (including phenoxy) is 1. The molecule has 4 aromatic rings. The summed E-state index contributed by atoms with van der Waals surface area (Å²) in [7, 11) is 0. The zero-order valence-corrected chi connectivity index (χ0v) is 20.9. The van der Waals surface area contributed by atoms with E-state index < -0.39 is 0 Å². The van der Waals surface area contributed by atoms with E-state index in [1.807, 2.05) is 48.5 Å². The topological polar surface area (TPSA) is 44.1 Å². The van der Waals surface area contributed by atoms with Crippen LogP contribution in [-0.4, -0.2) is 16.2 Å². The maximum Gasteiger partial charge on any atom is 0.261 e. The van der Waals surface area contributed by atoms with Crippen molar-refractivity contribution in [3.05, 3.63) is 92.7 Å². The molecule has 0 unspecified atom stereocenters. The number of hydrogen-bond donors (Lipinski definition) is 0. The van der Waals surface area contributed by atoms with Gasteiger partial charge in [-0.15, -0.1) is 0 Å². The van der Waals surface area contributed by atoms with Crippen LogP contribution < -0.4 is 10.3 Å². The van der Waals surface area contributed by atoms with Gasteiger partial charge < -0.3 is 4.74 Å². The molecule has 0 fully saturated rings. The van der Waals surface area contributed by atoms with Gasteiger partial charge in [-0.2, -0.15) is 0 Å². The van der Waals surface area contributed by atoms with Gasteiger partial charge in [-0.3, -0.25) is 9.36 Å². The second-order valence-corrected chi connectivity index (χ2v) is 9.32. The molecule has 0 aliphatic rings. The second kappa shape index (κ2) is 10.9. The van der Waals surface area contributed by atoms with Crippen molar-refractivity contribution >= 4 is 22.5 Å². The fourth-order valence-electron chi connectivity index (χ4n) is 4.25. The predicted octanol–water partition coefficient (Wildman–Crippen LogP) is 7.28. The Morgan fingerprint density at radius 2 is 1.65 bits per heavy atom. The van der Waals surface area contributed by atoms with Crippen LogP contribution in [0.3, 0.4) is 0 Å². The van der Waals surface area contributed by atoms with Crippen molar-refractivity contribution in [3.63, 3.8) is 0 Å². The number of nitrogens with zero attached hydrogens (tertiary/aromatic N) is 2. The van der Waals surface area contributed by atoms with Gasteiger partial charge in [-0.05, 0) is 92.8 Å². The van der Waals surface area contributed by atoms with E-state index in [1.165, 1.54) is 16.7 Å². The molecule has 1 aromatic heterocycles. The summed E-state index contributed by atoms with van der Waals surface area (Å²) in [5, 5.41) is 1.31. The minimum Gasteiger partial charge on any atom is -0.493 e. The van der Waals surface area contributed by atoms with Crippen molar-refractivity contribution in [1.29, 1.82) is 0 Å². The van der Waals surface area contributed by atoms with E-state index >= 15 is 0 Å². The van der Waals surface area contributed by atoms with Crippen LogP contribution in [0.4, 0.5) is 0 Å². The number of aryl methyl sites for hydroxylation is 2. The van der Waals surface area contributed by atoms with E-state index in [2.05, 4.69) is 32.9 Å². The van der Waals surface area contributed by atoms with Gasteiger partial charge in [0, 0.05) is 17.1 Å². The third-order valence-corrected chi connectivity index (χ3v) is 6.51.